The number of nitrogens with one attached hydrogen (secondary N) is 2. The first-order chi connectivity index (χ1) is 7.62. The summed E-state index contributed by atoms with van der Waals surface area (Å²) in [6, 6.07) is 3.44. The van der Waals surface area contributed by atoms with Crippen molar-refractivity contribution in [2.24, 2.45) is 5.41 Å². The fourth-order valence-electron chi connectivity index (χ4n) is 1.75. The van der Waals surface area contributed by atoms with Crippen LogP contribution >= 0.6 is 11.6 Å². The molecule has 1 fully saturated rings. The van der Waals surface area contributed by atoms with Crippen molar-refractivity contribution in [3.8, 4) is 0 Å². The van der Waals surface area contributed by atoms with Gasteiger partial charge in [-0.1, -0.05) is 11.6 Å². The maximum Gasteiger partial charge on any atom is 0.232 e. The lowest BCUT2D eigenvalue weighted by Crippen LogP contribution is -2.35. The van der Waals surface area contributed by atoms with Crippen molar-refractivity contribution < 1.29 is 4.79 Å². The van der Waals surface area contributed by atoms with E-state index in [4.69, 9.17) is 11.6 Å². The van der Waals surface area contributed by atoms with Crippen LogP contribution in [0.1, 0.15) is 13.3 Å². The van der Waals surface area contributed by atoms with Crippen molar-refractivity contribution in [1.29, 1.82) is 0 Å². The van der Waals surface area contributed by atoms with Crippen LogP contribution < -0.4 is 10.6 Å². The maximum atomic E-state index is 12.0. The number of hydrogen-bond donors (Lipinski definition) is 2. The summed E-state index contributed by atoms with van der Waals surface area (Å²) >= 11 is 5.93. The van der Waals surface area contributed by atoms with E-state index >= 15 is 0 Å². The molecule has 0 bridgehead atoms. The quantitative estimate of drug-likeness (QED) is 0.826. The lowest BCUT2D eigenvalue weighted by atomic mass is 9.89. The topological polar surface area (TPSA) is 54.0 Å². The van der Waals surface area contributed by atoms with Gasteiger partial charge in [-0.05, 0) is 32.0 Å². The summed E-state index contributed by atoms with van der Waals surface area (Å²) < 4.78 is 0. The number of anilines is 1. The van der Waals surface area contributed by atoms with Crippen LogP contribution in [-0.2, 0) is 4.79 Å². The molecular formula is C11H14ClN3O. The van der Waals surface area contributed by atoms with Crippen molar-refractivity contribution in [3.05, 3.63) is 23.4 Å². The summed E-state index contributed by atoms with van der Waals surface area (Å²) in [6.07, 6.45) is 2.44. The molecule has 2 rings (SSSR count). The van der Waals surface area contributed by atoms with E-state index in [1.807, 2.05) is 6.92 Å². The molecular weight excluding hydrogens is 226 g/mol. The third-order valence-electron chi connectivity index (χ3n) is 2.91. The summed E-state index contributed by atoms with van der Waals surface area (Å²) in [4.78, 5) is 16.1. The molecule has 16 heavy (non-hydrogen) atoms. The van der Waals surface area contributed by atoms with Gasteiger partial charge >= 0.3 is 0 Å². The highest BCUT2D eigenvalue weighted by Crippen LogP contribution is 2.27. The number of carbonyl (C=O) groups excluding carboxylic acids is 1. The van der Waals surface area contributed by atoms with E-state index in [-0.39, 0.29) is 11.3 Å². The maximum absolute atomic E-state index is 12.0. The molecule has 0 spiro atoms. The first kappa shape index (κ1) is 11.4. The van der Waals surface area contributed by atoms with E-state index in [9.17, 15) is 4.79 Å². The highest BCUT2D eigenvalue weighted by atomic mass is 35.5. The van der Waals surface area contributed by atoms with Crippen LogP contribution in [0.5, 0.6) is 0 Å². The van der Waals surface area contributed by atoms with Crippen molar-refractivity contribution in [3.63, 3.8) is 0 Å². The molecule has 0 aliphatic carbocycles. The number of rotatable bonds is 2. The van der Waals surface area contributed by atoms with Gasteiger partial charge < -0.3 is 10.6 Å². The first-order valence-electron chi connectivity index (χ1n) is 5.24. The molecule has 1 atom stereocenters. The second-order valence-electron chi connectivity index (χ2n) is 4.28. The highest BCUT2D eigenvalue weighted by Gasteiger charge is 2.36. The van der Waals surface area contributed by atoms with Crippen LogP contribution in [0.2, 0.25) is 5.02 Å². The van der Waals surface area contributed by atoms with E-state index in [1.165, 1.54) is 0 Å². The fraction of sp³-hybridized carbons (Fsp3) is 0.455. The highest BCUT2D eigenvalue weighted by molar-refractivity contribution is 6.33. The van der Waals surface area contributed by atoms with E-state index in [0.717, 1.165) is 13.0 Å². The molecule has 1 aliphatic heterocycles. The van der Waals surface area contributed by atoms with Gasteiger partial charge in [-0.25, -0.2) is 4.98 Å². The molecule has 1 amide bonds. The van der Waals surface area contributed by atoms with E-state index in [2.05, 4.69) is 15.6 Å². The van der Waals surface area contributed by atoms with Crippen LogP contribution in [-0.4, -0.2) is 24.0 Å². The third-order valence-corrected chi connectivity index (χ3v) is 3.21. The lowest BCUT2D eigenvalue weighted by Gasteiger charge is -2.21. The predicted octanol–water partition coefficient (Wildman–Crippen LogP) is 1.67. The van der Waals surface area contributed by atoms with Crippen LogP contribution in [0.4, 0.5) is 5.82 Å². The minimum absolute atomic E-state index is 0.0295. The van der Waals surface area contributed by atoms with Gasteiger partial charge in [-0.15, -0.1) is 0 Å². The van der Waals surface area contributed by atoms with Crippen molar-refractivity contribution in [1.82, 2.24) is 10.3 Å². The van der Waals surface area contributed by atoms with Gasteiger partial charge in [0.15, 0.2) is 5.82 Å². The SMILES string of the molecule is CC1(C(=O)Nc2ncccc2Cl)CCNC1. The molecule has 4 nitrogen and oxygen atoms in total. The minimum atomic E-state index is -0.360. The van der Waals surface area contributed by atoms with Crippen molar-refractivity contribution >= 4 is 23.3 Å². The Balaban J connectivity index is 2.10. The molecule has 1 aromatic rings. The number of nitrogens with zero attached hydrogens (tertiary/aromatic N) is 1. The zero-order chi connectivity index (χ0) is 11.6. The smallest absolute Gasteiger partial charge is 0.232 e. The largest absolute Gasteiger partial charge is 0.316 e. The average Bonchev–Trinajstić information content (AvgIpc) is 2.70. The summed E-state index contributed by atoms with van der Waals surface area (Å²) in [6.45, 7) is 3.52. The van der Waals surface area contributed by atoms with Gasteiger partial charge in [0.1, 0.15) is 0 Å². The Morgan fingerprint density at radius 1 is 1.69 bits per heavy atom. The van der Waals surface area contributed by atoms with Crippen LogP contribution in [0.15, 0.2) is 18.3 Å². The van der Waals surface area contributed by atoms with Crippen LogP contribution in [0.3, 0.4) is 0 Å². The zero-order valence-corrected chi connectivity index (χ0v) is 9.84. The number of amides is 1. The third kappa shape index (κ3) is 2.18. The Labute approximate surface area is 99.4 Å². The molecule has 1 aliphatic rings. The summed E-state index contributed by atoms with van der Waals surface area (Å²) in [7, 11) is 0. The van der Waals surface area contributed by atoms with Gasteiger partial charge in [0.05, 0.1) is 10.4 Å². The molecule has 1 aromatic heterocycles. The first-order valence-corrected chi connectivity index (χ1v) is 5.62. The number of hydrogen-bond acceptors (Lipinski definition) is 3. The standard InChI is InChI=1S/C11H14ClN3O/c1-11(4-6-13-7-11)10(16)15-9-8(12)3-2-5-14-9/h2-3,5,13H,4,6-7H2,1H3,(H,14,15,16). The van der Waals surface area contributed by atoms with Gasteiger partial charge in [-0.2, -0.15) is 0 Å². The zero-order valence-electron chi connectivity index (χ0n) is 9.09. The number of carbonyl (C=O) groups is 1. The van der Waals surface area contributed by atoms with Crippen molar-refractivity contribution in [2.75, 3.05) is 18.4 Å². The molecule has 1 unspecified atom stereocenters. The van der Waals surface area contributed by atoms with E-state index < -0.39 is 0 Å². The molecule has 2 N–H and O–H groups in total. The van der Waals surface area contributed by atoms with E-state index in [0.29, 0.717) is 17.4 Å². The summed E-state index contributed by atoms with van der Waals surface area (Å²) in [5.41, 5.74) is -0.360. The second-order valence-corrected chi connectivity index (χ2v) is 4.68. The number of pyridine rings is 1. The molecule has 0 aromatic carbocycles. The van der Waals surface area contributed by atoms with E-state index in [1.54, 1.807) is 18.3 Å². The Morgan fingerprint density at radius 2 is 2.50 bits per heavy atom. The Bertz CT molecular complexity index is 402. The number of halogens is 1. The minimum Gasteiger partial charge on any atom is -0.316 e. The summed E-state index contributed by atoms with van der Waals surface area (Å²) in [5, 5.41) is 6.41. The Hall–Kier alpha value is -1.13. The predicted molar refractivity (Wildman–Crippen MR) is 63.5 cm³/mol. The van der Waals surface area contributed by atoms with Gasteiger partial charge in [0, 0.05) is 12.7 Å². The molecule has 0 saturated carbocycles. The normalized spacial score (nSPS) is 24.4. The lowest BCUT2D eigenvalue weighted by molar-refractivity contribution is -0.123. The average molecular weight is 240 g/mol. The molecule has 5 heteroatoms. The van der Waals surface area contributed by atoms with Crippen LogP contribution in [0.25, 0.3) is 0 Å². The van der Waals surface area contributed by atoms with Gasteiger partial charge in [0.2, 0.25) is 5.91 Å². The van der Waals surface area contributed by atoms with Crippen LogP contribution in [0, 0.1) is 5.41 Å². The Kier molecular flexibility index (Phi) is 3.12. The molecule has 86 valence electrons. The molecule has 1 saturated heterocycles. The van der Waals surface area contributed by atoms with Gasteiger partial charge in [0.25, 0.3) is 0 Å². The molecule has 0 radical (unpaired) electrons. The molecule has 2 heterocycles. The summed E-state index contributed by atoms with van der Waals surface area (Å²) in [5.74, 6) is 0.403. The fourth-order valence-corrected chi connectivity index (χ4v) is 1.92. The Morgan fingerprint density at radius 3 is 3.12 bits per heavy atom. The second kappa shape index (κ2) is 4.39. The number of aromatic nitrogens is 1. The monoisotopic (exact) mass is 239 g/mol. The van der Waals surface area contributed by atoms with Gasteiger partial charge in [-0.3, -0.25) is 4.79 Å². The van der Waals surface area contributed by atoms with Crippen molar-refractivity contribution in [2.45, 2.75) is 13.3 Å².